The van der Waals surface area contributed by atoms with Crippen molar-refractivity contribution in [2.45, 2.75) is 25.4 Å². The summed E-state index contributed by atoms with van der Waals surface area (Å²) < 4.78 is 8.59. The highest BCUT2D eigenvalue weighted by molar-refractivity contribution is 7.47. The monoisotopic (exact) mass is 357 g/mol. The Morgan fingerprint density at radius 1 is 1.40 bits per heavy atom. The highest BCUT2D eigenvalue weighted by atomic mass is 31.1. The summed E-state index contributed by atoms with van der Waals surface area (Å²) in [5.41, 5.74) is 3.17. The average Bonchev–Trinajstić information content (AvgIpc) is 3.37. The third kappa shape index (κ3) is 3.25. The summed E-state index contributed by atoms with van der Waals surface area (Å²) in [7, 11) is 0.885. The van der Waals surface area contributed by atoms with E-state index in [0.29, 0.717) is 18.8 Å². The Bertz CT molecular complexity index is 947. The Labute approximate surface area is 146 Å². The molecule has 1 saturated heterocycles. The normalized spacial score (nSPS) is 18.7. The number of nitrogens with zero attached hydrogens (tertiary/aromatic N) is 3. The predicted octanol–water partition coefficient (Wildman–Crippen LogP) is 2.30. The van der Waals surface area contributed by atoms with Gasteiger partial charge >= 0.3 is 0 Å². The summed E-state index contributed by atoms with van der Waals surface area (Å²) in [4.78, 5) is 12.8. The Kier molecular flexibility index (Phi) is 4.42. The topological polar surface area (TPSA) is 68.8 Å². The molecule has 1 fully saturated rings. The lowest BCUT2D eigenvalue weighted by Crippen LogP contribution is -2.26. The van der Waals surface area contributed by atoms with Gasteiger partial charge in [0, 0.05) is 31.1 Å². The quantitative estimate of drug-likeness (QED) is 0.543. The van der Waals surface area contributed by atoms with Crippen molar-refractivity contribution in [2.24, 2.45) is 0 Å². The zero-order chi connectivity index (χ0) is 17.4. The highest BCUT2D eigenvalue weighted by Crippen LogP contribution is 2.52. The first kappa shape index (κ1) is 16.5. The molecule has 6 nitrogen and oxygen atoms in total. The van der Waals surface area contributed by atoms with Gasteiger partial charge in [-0.15, -0.1) is 8.58 Å². The maximum Gasteiger partial charge on any atom is 0.282 e. The van der Waals surface area contributed by atoms with Gasteiger partial charge in [0.25, 0.3) is 5.56 Å². The average molecular weight is 357 g/mol. The molecule has 1 aliphatic rings. The number of benzene rings is 1. The third-order valence-corrected chi connectivity index (χ3v) is 5.40. The number of aromatic nitrogens is 3. The fourth-order valence-electron chi connectivity index (χ4n) is 2.92. The van der Waals surface area contributed by atoms with Crippen molar-refractivity contribution in [3.8, 4) is 0 Å². The second-order valence-electron chi connectivity index (χ2n) is 6.11. The standard InChI is InChI=1S/C18H20N3O3P/c1-2-24-18(23)13-10-20(9-12-6-4-3-5-7-12)16-8-14(15-11-25-15)19-21(16)17(13)22/h3-8,10,15,18,23,25H,2,9,11H2,1H3. The highest BCUT2D eigenvalue weighted by Gasteiger charge is 2.28. The minimum atomic E-state index is -1.25. The van der Waals surface area contributed by atoms with E-state index in [1.54, 1.807) is 13.1 Å². The van der Waals surface area contributed by atoms with Crippen LogP contribution >= 0.6 is 8.58 Å². The second-order valence-corrected chi connectivity index (χ2v) is 7.62. The number of hydrogen-bond donors (Lipinski definition) is 1. The summed E-state index contributed by atoms with van der Waals surface area (Å²) >= 11 is 0. The van der Waals surface area contributed by atoms with Crippen LogP contribution in [0.3, 0.4) is 0 Å². The van der Waals surface area contributed by atoms with Gasteiger partial charge in [0.15, 0.2) is 6.29 Å². The van der Waals surface area contributed by atoms with E-state index in [1.807, 2.05) is 41.0 Å². The van der Waals surface area contributed by atoms with E-state index < -0.39 is 6.29 Å². The number of hydrogen-bond acceptors (Lipinski definition) is 4. The molecule has 0 radical (unpaired) electrons. The SMILES string of the molecule is CCOC(O)c1cn(Cc2ccccc2)c2cc(C3CP3)nn2c1=O. The molecule has 2 aromatic heterocycles. The number of aliphatic hydroxyl groups excluding tert-OH is 1. The maximum absolute atomic E-state index is 12.8. The van der Waals surface area contributed by atoms with Gasteiger partial charge in [0.05, 0.1) is 11.3 Å². The van der Waals surface area contributed by atoms with E-state index in [9.17, 15) is 9.90 Å². The molecule has 3 heterocycles. The van der Waals surface area contributed by atoms with Crippen molar-refractivity contribution < 1.29 is 9.84 Å². The maximum atomic E-state index is 12.8. The lowest BCUT2D eigenvalue weighted by molar-refractivity contribution is -0.0992. The van der Waals surface area contributed by atoms with Crippen molar-refractivity contribution in [1.29, 1.82) is 0 Å². The summed E-state index contributed by atoms with van der Waals surface area (Å²) in [6.45, 7) is 2.70. The first-order valence-corrected chi connectivity index (χ1v) is 9.66. The molecule has 25 heavy (non-hydrogen) atoms. The van der Waals surface area contributed by atoms with Crippen LogP contribution < -0.4 is 5.56 Å². The number of rotatable bonds is 6. The largest absolute Gasteiger partial charge is 0.364 e. The fourth-order valence-corrected chi connectivity index (χ4v) is 3.59. The van der Waals surface area contributed by atoms with Crippen molar-refractivity contribution in [3.63, 3.8) is 0 Å². The van der Waals surface area contributed by atoms with E-state index in [1.165, 1.54) is 4.52 Å². The Balaban J connectivity index is 1.86. The van der Waals surface area contributed by atoms with Gasteiger partial charge in [-0.05, 0) is 18.6 Å². The molecule has 4 rings (SSSR count). The second kappa shape index (κ2) is 6.71. The van der Waals surface area contributed by atoms with E-state index in [0.717, 1.165) is 31.6 Å². The van der Waals surface area contributed by atoms with Crippen LogP contribution in [-0.4, -0.2) is 32.1 Å². The van der Waals surface area contributed by atoms with Gasteiger partial charge in [0.1, 0.15) is 5.65 Å². The molecule has 130 valence electrons. The first-order valence-electron chi connectivity index (χ1n) is 8.37. The lowest BCUT2D eigenvalue weighted by Gasteiger charge is -2.15. The number of aliphatic hydroxyl groups is 1. The first-order chi connectivity index (χ1) is 12.2. The summed E-state index contributed by atoms with van der Waals surface area (Å²) in [5, 5.41) is 14.7. The van der Waals surface area contributed by atoms with E-state index in [4.69, 9.17) is 4.74 Å². The van der Waals surface area contributed by atoms with Gasteiger partial charge in [-0.2, -0.15) is 9.61 Å². The molecular weight excluding hydrogens is 337 g/mol. The van der Waals surface area contributed by atoms with Crippen molar-refractivity contribution >= 4 is 14.2 Å². The molecule has 0 saturated carbocycles. The molecule has 3 atom stereocenters. The van der Waals surface area contributed by atoms with Gasteiger partial charge in [-0.3, -0.25) is 4.79 Å². The Hall–Kier alpha value is -2.01. The molecule has 0 spiro atoms. The summed E-state index contributed by atoms with van der Waals surface area (Å²) in [6.07, 6.45) is 1.58. The zero-order valence-corrected chi connectivity index (χ0v) is 14.9. The van der Waals surface area contributed by atoms with Crippen LogP contribution in [-0.2, 0) is 11.3 Å². The number of fused-ring (bicyclic) bond motifs is 1. The van der Waals surface area contributed by atoms with Gasteiger partial charge in [-0.1, -0.05) is 30.3 Å². The van der Waals surface area contributed by atoms with Crippen LogP contribution in [0.25, 0.3) is 5.65 Å². The zero-order valence-electron chi connectivity index (χ0n) is 13.9. The lowest BCUT2D eigenvalue weighted by atomic mass is 10.2. The molecule has 1 N–H and O–H groups in total. The van der Waals surface area contributed by atoms with Crippen LogP contribution in [0.4, 0.5) is 0 Å². The molecule has 0 amide bonds. The summed E-state index contributed by atoms with van der Waals surface area (Å²) in [6, 6.07) is 12.0. The Morgan fingerprint density at radius 3 is 2.84 bits per heavy atom. The predicted molar refractivity (Wildman–Crippen MR) is 97.5 cm³/mol. The molecule has 0 aliphatic carbocycles. The van der Waals surface area contributed by atoms with Crippen molar-refractivity contribution in [1.82, 2.24) is 14.2 Å². The van der Waals surface area contributed by atoms with E-state index in [-0.39, 0.29) is 11.1 Å². The summed E-state index contributed by atoms with van der Waals surface area (Å²) in [5.74, 6) is 0. The van der Waals surface area contributed by atoms with Crippen LogP contribution in [0.1, 0.15) is 35.7 Å². The minimum absolute atomic E-state index is 0.207. The molecule has 1 aliphatic heterocycles. The van der Waals surface area contributed by atoms with Crippen LogP contribution in [0.15, 0.2) is 47.4 Å². The third-order valence-electron chi connectivity index (χ3n) is 4.29. The fraction of sp³-hybridized carbons (Fsp3) is 0.333. The molecule has 0 bridgehead atoms. The van der Waals surface area contributed by atoms with E-state index in [2.05, 4.69) is 5.10 Å². The van der Waals surface area contributed by atoms with Crippen molar-refractivity contribution in [2.75, 3.05) is 12.8 Å². The molecule has 7 heteroatoms. The van der Waals surface area contributed by atoms with Crippen molar-refractivity contribution in [3.05, 3.63) is 69.8 Å². The van der Waals surface area contributed by atoms with Gasteiger partial charge < -0.3 is 14.4 Å². The van der Waals surface area contributed by atoms with Crippen LogP contribution in [0.2, 0.25) is 0 Å². The molecule has 3 aromatic rings. The van der Waals surface area contributed by atoms with Gasteiger partial charge in [0.2, 0.25) is 0 Å². The number of ether oxygens (including phenoxy) is 1. The van der Waals surface area contributed by atoms with E-state index >= 15 is 0 Å². The minimum Gasteiger partial charge on any atom is -0.364 e. The Morgan fingerprint density at radius 2 is 2.16 bits per heavy atom. The molecular formula is C18H20N3O3P. The smallest absolute Gasteiger partial charge is 0.282 e. The van der Waals surface area contributed by atoms with Crippen LogP contribution in [0, 0.1) is 0 Å². The molecule has 1 aromatic carbocycles. The molecule has 3 unspecified atom stereocenters. The van der Waals surface area contributed by atoms with Crippen LogP contribution in [0.5, 0.6) is 0 Å². The van der Waals surface area contributed by atoms with Gasteiger partial charge in [-0.25, -0.2) is 0 Å².